The van der Waals surface area contributed by atoms with Gasteiger partial charge in [-0.2, -0.15) is 0 Å². The Balaban J connectivity index is 0. The second-order valence-corrected chi connectivity index (χ2v) is 7.70. The van der Waals surface area contributed by atoms with Crippen molar-refractivity contribution in [2.45, 2.75) is 25.0 Å². The van der Waals surface area contributed by atoms with E-state index in [0.717, 1.165) is 0 Å². The Labute approximate surface area is 67.0 Å². The molecule has 2 radical (unpaired) electrons. The van der Waals surface area contributed by atoms with Crippen LogP contribution in [0.2, 0.25) is 4.25 Å². The molecule has 0 amide bonds. The summed E-state index contributed by atoms with van der Waals surface area (Å²) < 4.78 is 0.463. The van der Waals surface area contributed by atoms with Crippen LogP contribution in [-0.4, -0.2) is 32.1 Å². The van der Waals surface area contributed by atoms with Crippen molar-refractivity contribution >= 4 is 42.1 Å². The fourth-order valence-corrected chi connectivity index (χ4v) is 0. The van der Waals surface area contributed by atoms with Gasteiger partial charge >= 0.3 is 67.1 Å². The summed E-state index contributed by atoms with van der Waals surface area (Å²) in [5, 5.41) is 0. The molecule has 44 valence electrons. The summed E-state index contributed by atoms with van der Waals surface area (Å²) >= 11 is -0.403. The second-order valence-electron chi connectivity index (χ2n) is 2.48. The Kier molecular flexibility index (Phi) is 6.84. The molecule has 0 fully saturated rings. The van der Waals surface area contributed by atoms with Crippen molar-refractivity contribution < 1.29 is 0 Å². The Morgan fingerprint density at radius 2 is 1.43 bits per heavy atom. The molecule has 0 saturated carbocycles. The zero-order valence-corrected chi connectivity index (χ0v) is 12.8. The van der Waals surface area contributed by atoms with Crippen LogP contribution in [0, 0.1) is 0 Å². The van der Waals surface area contributed by atoms with Crippen molar-refractivity contribution in [3.8, 4) is 0 Å². The van der Waals surface area contributed by atoms with Crippen LogP contribution in [0.4, 0.5) is 0 Å². The van der Waals surface area contributed by atoms with E-state index in [1.165, 1.54) is 0 Å². The number of hydrogen-bond donors (Lipinski definition) is 0. The number of rotatable bonds is 0. The number of hydrogen-bond acceptors (Lipinski definition) is 0. The molecule has 0 aromatic heterocycles. The third-order valence-electron chi connectivity index (χ3n) is 0.327. The van der Waals surface area contributed by atoms with E-state index in [1.54, 1.807) is 0 Å². The van der Waals surface area contributed by atoms with E-state index in [0.29, 0.717) is 4.25 Å². The summed E-state index contributed by atoms with van der Waals surface area (Å²) in [6.07, 6.45) is 0. The first kappa shape index (κ1) is 11.2. The molecule has 3 heteroatoms. The molecule has 0 heterocycles. The molecular formula is C4H13ClGe2. The molecule has 0 spiro atoms. The van der Waals surface area contributed by atoms with E-state index in [4.69, 9.17) is 10.0 Å². The van der Waals surface area contributed by atoms with Gasteiger partial charge in [0.15, 0.2) is 0 Å². The van der Waals surface area contributed by atoms with Crippen LogP contribution < -0.4 is 0 Å². The van der Waals surface area contributed by atoms with Crippen molar-refractivity contribution in [3.05, 3.63) is 0 Å². The summed E-state index contributed by atoms with van der Waals surface area (Å²) in [4.78, 5) is 0. The van der Waals surface area contributed by atoms with Crippen molar-refractivity contribution in [3.63, 3.8) is 0 Å². The van der Waals surface area contributed by atoms with Crippen LogP contribution in [-0.2, 0) is 0 Å². The predicted molar refractivity (Wildman–Crippen MR) is 42.7 cm³/mol. The predicted octanol–water partition coefficient (Wildman–Crippen LogP) is 0.611. The fraction of sp³-hybridized carbons (Fsp3) is 1.00. The van der Waals surface area contributed by atoms with Crippen LogP contribution in [0.1, 0.15) is 20.8 Å². The van der Waals surface area contributed by atoms with Gasteiger partial charge in [-0.25, -0.2) is 0 Å². The first-order valence-electron chi connectivity index (χ1n) is 2.01. The first-order chi connectivity index (χ1) is 2.56. The van der Waals surface area contributed by atoms with Gasteiger partial charge in [-0.15, -0.1) is 0 Å². The average molecular weight is 242 g/mol. The third-order valence-corrected chi connectivity index (χ3v) is 5.10. The Morgan fingerprint density at radius 3 is 1.43 bits per heavy atom. The van der Waals surface area contributed by atoms with Crippen molar-refractivity contribution in [2.75, 3.05) is 0 Å². The zero-order chi connectivity index (χ0) is 5.21. The van der Waals surface area contributed by atoms with Gasteiger partial charge in [0.2, 0.25) is 0 Å². The molecule has 0 unspecified atom stereocenters. The molecule has 7 heavy (non-hydrogen) atoms. The van der Waals surface area contributed by atoms with Crippen LogP contribution >= 0.6 is 10.0 Å². The molecule has 0 aliphatic heterocycles. The monoisotopic (exact) mass is 244 g/mol. The Morgan fingerprint density at radius 1 is 1.29 bits per heavy atom. The summed E-state index contributed by atoms with van der Waals surface area (Å²) in [5.74, 6) is 0. The van der Waals surface area contributed by atoms with Gasteiger partial charge in [-0.1, -0.05) is 0 Å². The molecule has 0 aromatic carbocycles. The van der Waals surface area contributed by atoms with E-state index >= 15 is 0 Å². The molecular weight excluding hydrogens is 229 g/mol. The van der Waals surface area contributed by atoms with Gasteiger partial charge in [-0.05, 0) is 0 Å². The van der Waals surface area contributed by atoms with Gasteiger partial charge < -0.3 is 0 Å². The fourth-order valence-electron chi connectivity index (χ4n) is 0. The molecule has 0 aliphatic rings. The normalized spacial score (nSPS) is 10.3. The maximum atomic E-state index is 5.63. The minimum absolute atomic E-state index is 0. The van der Waals surface area contributed by atoms with Crippen LogP contribution in [0.5, 0.6) is 0 Å². The standard InChI is InChI=1S/C4H10ClGe.GeH3/c1-4(2,3)6-5;/h6H,1-3H3;1H3. The van der Waals surface area contributed by atoms with E-state index < -0.39 is 14.5 Å². The molecule has 0 nitrogen and oxygen atoms in total. The molecule has 0 N–H and O–H groups in total. The maximum absolute atomic E-state index is 5.63. The SMILES string of the molecule is C[C](C)(C)[GeH][Cl].[GeH3]. The molecule has 0 aromatic rings. The van der Waals surface area contributed by atoms with Gasteiger partial charge in [0.25, 0.3) is 0 Å². The molecule has 0 rings (SSSR count). The first-order valence-corrected chi connectivity index (χ1v) is 6.40. The number of halogens is 1. The van der Waals surface area contributed by atoms with Crippen LogP contribution in [0.15, 0.2) is 0 Å². The molecule has 0 aliphatic carbocycles. The van der Waals surface area contributed by atoms with E-state index in [9.17, 15) is 0 Å². The minimum atomic E-state index is -0.403. The van der Waals surface area contributed by atoms with Crippen LogP contribution in [0.3, 0.4) is 0 Å². The van der Waals surface area contributed by atoms with Gasteiger partial charge in [0.1, 0.15) is 0 Å². The summed E-state index contributed by atoms with van der Waals surface area (Å²) in [6.45, 7) is 6.54. The van der Waals surface area contributed by atoms with Gasteiger partial charge in [-0.3, -0.25) is 0 Å². The topological polar surface area (TPSA) is 0 Å². The third kappa shape index (κ3) is 11.1. The van der Waals surface area contributed by atoms with Crippen LogP contribution in [0.25, 0.3) is 0 Å². The van der Waals surface area contributed by atoms with Crippen molar-refractivity contribution in [2.24, 2.45) is 0 Å². The van der Waals surface area contributed by atoms with E-state index in [-0.39, 0.29) is 17.6 Å². The van der Waals surface area contributed by atoms with E-state index in [1.807, 2.05) is 0 Å². The zero-order valence-electron chi connectivity index (χ0n) is 5.46. The Hall–Kier alpha value is 1.38. The summed E-state index contributed by atoms with van der Waals surface area (Å²) in [6, 6.07) is 0. The van der Waals surface area contributed by atoms with E-state index in [2.05, 4.69) is 20.8 Å². The quantitative estimate of drug-likeness (QED) is 0.546. The average Bonchev–Trinajstić information content (AvgIpc) is 1.35. The van der Waals surface area contributed by atoms with Gasteiger partial charge in [0, 0.05) is 0 Å². The molecule has 0 bridgehead atoms. The molecule has 0 saturated heterocycles. The van der Waals surface area contributed by atoms with Crippen molar-refractivity contribution in [1.29, 1.82) is 0 Å². The van der Waals surface area contributed by atoms with Gasteiger partial charge in [0.05, 0.1) is 0 Å². The van der Waals surface area contributed by atoms with Crippen molar-refractivity contribution in [1.82, 2.24) is 0 Å². The molecule has 0 atom stereocenters. The second kappa shape index (κ2) is 4.27. The Bertz CT molecular complexity index is 39.4. The summed E-state index contributed by atoms with van der Waals surface area (Å²) in [5.41, 5.74) is 0. The summed E-state index contributed by atoms with van der Waals surface area (Å²) in [7, 11) is 5.63.